The summed E-state index contributed by atoms with van der Waals surface area (Å²) < 4.78 is 12.2. The van der Waals surface area contributed by atoms with Crippen LogP contribution in [0.1, 0.15) is 34.7 Å². The van der Waals surface area contributed by atoms with Crippen molar-refractivity contribution in [3.8, 4) is 23.3 Å². The largest absolute Gasteiger partial charge is 0.508 e. The number of esters is 1. The molecule has 0 bridgehead atoms. The van der Waals surface area contributed by atoms with Gasteiger partial charge in [-0.15, -0.1) is 0 Å². The minimum Gasteiger partial charge on any atom is -0.508 e. The van der Waals surface area contributed by atoms with Gasteiger partial charge in [-0.05, 0) is 60.9 Å². The second-order valence-electron chi connectivity index (χ2n) is 8.50. The van der Waals surface area contributed by atoms with E-state index in [-0.39, 0.29) is 29.5 Å². The number of hydrogen-bond donors (Lipinski definition) is 2. The van der Waals surface area contributed by atoms with Crippen LogP contribution in [0, 0.1) is 6.92 Å². The normalized spacial score (nSPS) is 11.6. The molecule has 1 atom stereocenters. The first-order valence-electron chi connectivity index (χ1n) is 11.7. The number of hydrogen-bond acceptors (Lipinski definition) is 8. The number of methoxy groups -OCH3 is 1. The molecule has 0 radical (unpaired) electrons. The van der Waals surface area contributed by atoms with E-state index in [1.54, 1.807) is 78.5 Å². The molecule has 4 rings (SSSR count). The molecule has 2 N–H and O–H groups in total. The first-order chi connectivity index (χ1) is 17.9. The Kier molecular flexibility index (Phi) is 7.83. The van der Waals surface area contributed by atoms with Gasteiger partial charge in [0.1, 0.15) is 17.2 Å². The fourth-order valence-electron chi connectivity index (χ4n) is 4.15. The van der Waals surface area contributed by atoms with Crippen molar-refractivity contribution in [2.24, 2.45) is 0 Å². The zero-order valence-electron chi connectivity index (χ0n) is 20.5. The van der Waals surface area contributed by atoms with E-state index in [4.69, 9.17) is 9.47 Å². The van der Waals surface area contributed by atoms with Gasteiger partial charge >= 0.3 is 12.0 Å². The van der Waals surface area contributed by atoms with Crippen LogP contribution in [0.15, 0.2) is 77.9 Å². The van der Waals surface area contributed by atoms with Gasteiger partial charge in [-0.25, -0.2) is 9.97 Å². The summed E-state index contributed by atoms with van der Waals surface area (Å²) in [6.45, 7) is 2.09. The molecule has 0 amide bonds. The topological polar surface area (TPSA) is 124 Å². The molecule has 2 heterocycles. The lowest BCUT2D eigenvalue weighted by atomic mass is 9.88. The summed E-state index contributed by atoms with van der Waals surface area (Å²) >= 11 is 0. The van der Waals surface area contributed by atoms with Crippen molar-refractivity contribution < 1.29 is 24.5 Å². The van der Waals surface area contributed by atoms with Gasteiger partial charge in [0.2, 0.25) is 0 Å². The second-order valence-corrected chi connectivity index (χ2v) is 8.50. The van der Waals surface area contributed by atoms with E-state index in [0.717, 1.165) is 5.56 Å². The van der Waals surface area contributed by atoms with Gasteiger partial charge in [-0.2, -0.15) is 0 Å². The Balaban J connectivity index is 1.72. The Morgan fingerprint density at radius 3 is 2.46 bits per heavy atom. The molecule has 9 heteroatoms. The van der Waals surface area contributed by atoms with Crippen LogP contribution in [0.4, 0.5) is 0 Å². The van der Waals surface area contributed by atoms with E-state index in [1.807, 2.05) is 0 Å². The number of aryl methyl sites for hydroxylation is 2. The number of aromatic hydroxyl groups is 2. The number of pyridine rings is 1. The van der Waals surface area contributed by atoms with E-state index in [2.05, 4.69) is 9.97 Å². The maximum Gasteiger partial charge on any atom is 0.321 e. The van der Waals surface area contributed by atoms with Crippen molar-refractivity contribution >= 4 is 5.97 Å². The van der Waals surface area contributed by atoms with Gasteiger partial charge < -0.3 is 24.3 Å². The van der Waals surface area contributed by atoms with Crippen molar-refractivity contribution in [2.45, 2.75) is 32.2 Å². The molecule has 2 aromatic carbocycles. The summed E-state index contributed by atoms with van der Waals surface area (Å²) in [6, 6.07) is 17.0. The Bertz CT molecular complexity index is 1430. The molecule has 2 aromatic heterocycles. The minimum atomic E-state index is -0.791. The van der Waals surface area contributed by atoms with Crippen molar-refractivity contribution in [3.05, 3.63) is 106 Å². The molecule has 190 valence electrons. The third-order valence-electron chi connectivity index (χ3n) is 6.04. The first-order valence-corrected chi connectivity index (χ1v) is 11.7. The lowest BCUT2D eigenvalue weighted by Gasteiger charge is -2.21. The lowest BCUT2D eigenvalue weighted by molar-refractivity contribution is -0.140. The van der Waals surface area contributed by atoms with E-state index in [9.17, 15) is 19.8 Å². The number of phenols is 1. The van der Waals surface area contributed by atoms with Crippen molar-refractivity contribution in [1.29, 1.82) is 0 Å². The maximum absolute atomic E-state index is 13.7. The van der Waals surface area contributed by atoms with Crippen LogP contribution < -0.4 is 10.3 Å². The minimum absolute atomic E-state index is 0.0924. The summed E-state index contributed by atoms with van der Waals surface area (Å²) in [7, 11) is 1.27. The van der Waals surface area contributed by atoms with Crippen LogP contribution in [0.2, 0.25) is 0 Å². The van der Waals surface area contributed by atoms with Gasteiger partial charge in [-0.1, -0.05) is 24.3 Å². The Labute approximate surface area is 213 Å². The molecule has 0 fully saturated rings. The summed E-state index contributed by atoms with van der Waals surface area (Å²) in [5, 5.41) is 20.4. The van der Waals surface area contributed by atoms with Crippen molar-refractivity contribution in [1.82, 2.24) is 14.5 Å². The SMILES string of the molecule is COC(=O)C[C@H](c1cccc(Oc2ncccn2)c1)c1c(O)cc(C)n(CCc2ccc(O)cc2)c1=O. The van der Waals surface area contributed by atoms with Gasteiger partial charge in [0.25, 0.3) is 5.56 Å². The van der Waals surface area contributed by atoms with Crippen LogP contribution in [0.5, 0.6) is 23.3 Å². The average Bonchev–Trinajstić information content (AvgIpc) is 2.89. The van der Waals surface area contributed by atoms with Gasteiger partial charge in [0.05, 0.1) is 19.1 Å². The standard InChI is InChI=1S/C28H27N3O6/c1-18-15-24(33)26(27(35)31(18)14-11-19-7-9-21(32)10-8-19)23(17-25(34)36-2)20-5-3-6-22(16-20)37-28-29-12-4-13-30-28/h3-10,12-13,15-16,23,32-33H,11,14,17H2,1-2H3/t23-/m1/s1. The number of nitrogens with zero attached hydrogens (tertiary/aromatic N) is 3. The highest BCUT2D eigenvalue weighted by atomic mass is 16.5. The molecule has 0 aliphatic heterocycles. The van der Waals surface area contributed by atoms with Crippen molar-refractivity contribution in [3.63, 3.8) is 0 Å². The van der Waals surface area contributed by atoms with E-state index in [0.29, 0.717) is 30.0 Å². The molecule has 0 unspecified atom stereocenters. The number of rotatable bonds is 9. The average molecular weight is 502 g/mol. The zero-order chi connectivity index (χ0) is 26.4. The van der Waals surface area contributed by atoms with Gasteiger partial charge in [-0.3, -0.25) is 9.59 Å². The Hall–Kier alpha value is -4.66. The molecule has 0 saturated carbocycles. The van der Waals surface area contributed by atoms with Crippen LogP contribution in [0.25, 0.3) is 0 Å². The fourth-order valence-corrected chi connectivity index (χ4v) is 4.15. The van der Waals surface area contributed by atoms with Crippen molar-refractivity contribution in [2.75, 3.05) is 7.11 Å². The Morgan fingerprint density at radius 2 is 1.76 bits per heavy atom. The molecule has 4 aromatic rings. The highest BCUT2D eigenvalue weighted by Crippen LogP contribution is 2.34. The molecule has 9 nitrogen and oxygen atoms in total. The summed E-state index contributed by atoms with van der Waals surface area (Å²) in [4.78, 5) is 34.2. The quantitative estimate of drug-likeness (QED) is 0.329. The Morgan fingerprint density at radius 1 is 1.03 bits per heavy atom. The third-order valence-corrected chi connectivity index (χ3v) is 6.04. The highest BCUT2D eigenvalue weighted by molar-refractivity contribution is 5.71. The van der Waals surface area contributed by atoms with E-state index < -0.39 is 17.4 Å². The second kappa shape index (κ2) is 11.4. The zero-order valence-corrected chi connectivity index (χ0v) is 20.5. The third kappa shape index (κ3) is 6.13. The number of phenolic OH excluding ortho intramolecular Hbond substituents is 1. The highest BCUT2D eigenvalue weighted by Gasteiger charge is 2.27. The smallest absolute Gasteiger partial charge is 0.321 e. The summed E-state index contributed by atoms with van der Waals surface area (Å²) in [6.07, 6.45) is 3.48. The molecule has 37 heavy (non-hydrogen) atoms. The number of carbonyl (C=O) groups excluding carboxylic acids is 1. The number of carbonyl (C=O) groups is 1. The van der Waals surface area contributed by atoms with Crippen LogP contribution >= 0.6 is 0 Å². The number of aromatic nitrogens is 3. The summed E-state index contributed by atoms with van der Waals surface area (Å²) in [5.74, 6) is -0.939. The van der Waals surface area contributed by atoms with E-state index >= 15 is 0 Å². The maximum atomic E-state index is 13.7. The predicted molar refractivity (Wildman–Crippen MR) is 136 cm³/mol. The van der Waals surface area contributed by atoms with Gasteiger partial charge in [0.15, 0.2) is 0 Å². The summed E-state index contributed by atoms with van der Waals surface area (Å²) in [5.41, 5.74) is 1.80. The molecule has 0 aliphatic carbocycles. The lowest BCUT2D eigenvalue weighted by Crippen LogP contribution is -2.29. The predicted octanol–water partition coefficient (Wildman–Crippen LogP) is 4.09. The molecular weight excluding hydrogens is 474 g/mol. The van der Waals surface area contributed by atoms with Crippen LogP contribution in [-0.4, -0.2) is 37.8 Å². The molecule has 0 spiro atoms. The van der Waals surface area contributed by atoms with E-state index in [1.165, 1.54) is 13.2 Å². The van der Waals surface area contributed by atoms with Crippen LogP contribution in [-0.2, 0) is 22.5 Å². The van der Waals surface area contributed by atoms with Gasteiger partial charge in [0, 0.05) is 30.6 Å². The first kappa shape index (κ1) is 25.4. The monoisotopic (exact) mass is 501 g/mol. The molecule has 0 aliphatic rings. The number of ether oxygens (including phenoxy) is 2. The molecular formula is C28H27N3O6. The van der Waals surface area contributed by atoms with Crippen LogP contribution in [0.3, 0.4) is 0 Å². The fraction of sp³-hybridized carbons (Fsp3) is 0.214. The molecule has 0 saturated heterocycles. The number of benzene rings is 2.